The lowest BCUT2D eigenvalue weighted by atomic mass is 9.88. The zero-order valence-corrected chi connectivity index (χ0v) is 18.7. The van der Waals surface area contributed by atoms with E-state index < -0.39 is 10.0 Å². The standard InChI is InChI=1S/C23H25ClN2O4S/c24-21-9-8-19(31(29,30)26-12-4-5-13-26)16-20(21)23(28)25-14-10-18(11-15-25)22(27)17-6-2-1-3-7-17/h1-3,6-9,16,18H,4-5,10-15H2. The topological polar surface area (TPSA) is 74.8 Å². The van der Waals surface area contributed by atoms with Crippen LogP contribution in [0.15, 0.2) is 53.4 Å². The fourth-order valence-corrected chi connectivity index (χ4v) is 6.00. The molecule has 0 radical (unpaired) electrons. The van der Waals surface area contributed by atoms with Crippen molar-refractivity contribution in [2.24, 2.45) is 5.92 Å². The molecule has 31 heavy (non-hydrogen) atoms. The minimum Gasteiger partial charge on any atom is -0.339 e. The van der Waals surface area contributed by atoms with Crippen LogP contribution < -0.4 is 0 Å². The van der Waals surface area contributed by atoms with Crippen molar-refractivity contribution >= 4 is 33.3 Å². The fraction of sp³-hybridized carbons (Fsp3) is 0.391. The zero-order chi connectivity index (χ0) is 22.0. The molecule has 2 heterocycles. The highest BCUT2D eigenvalue weighted by Crippen LogP contribution is 2.28. The van der Waals surface area contributed by atoms with Crippen molar-refractivity contribution in [3.05, 3.63) is 64.7 Å². The third-order valence-electron chi connectivity index (χ3n) is 6.08. The number of nitrogens with zero attached hydrogens (tertiary/aromatic N) is 2. The Morgan fingerprint density at radius 3 is 2.19 bits per heavy atom. The summed E-state index contributed by atoms with van der Waals surface area (Å²) in [6.45, 7) is 1.86. The van der Waals surface area contributed by atoms with Gasteiger partial charge < -0.3 is 4.90 Å². The fourth-order valence-electron chi connectivity index (χ4n) is 4.26. The first kappa shape index (κ1) is 22.0. The number of benzene rings is 2. The number of rotatable bonds is 5. The van der Waals surface area contributed by atoms with Crippen LogP contribution in [0.5, 0.6) is 0 Å². The molecule has 0 aliphatic carbocycles. The number of ketones is 1. The first-order chi connectivity index (χ1) is 14.9. The van der Waals surface area contributed by atoms with Crippen LogP contribution in [0.4, 0.5) is 0 Å². The first-order valence-corrected chi connectivity index (χ1v) is 12.4. The van der Waals surface area contributed by atoms with E-state index in [4.69, 9.17) is 11.6 Å². The summed E-state index contributed by atoms with van der Waals surface area (Å²) >= 11 is 6.27. The second kappa shape index (κ2) is 9.10. The van der Waals surface area contributed by atoms with E-state index in [0.29, 0.717) is 44.6 Å². The number of likely N-dealkylation sites (tertiary alicyclic amines) is 1. The van der Waals surface area contributed by atoms with Gasteiger partial charge >= 0.3 is 0 Å². The molecule has 0 aromatic heterocycles. The van der Waals surface area contributed by atoms with Gasteiger partial charge in [-0.1, -0.05) is 41.9 Å². The van der Waals surface area contributed by atoms with Crippen LogP contribution in [0, 0.1) is 5.92 Å². The first-order valence-electron chi connectivity index (χ1n) is 10.6. The molecule has 2 aliphatic rings. The van der Waals surface area contributed by atoms with Crippen LogP contribution in [0.1, 0.15) is 46.4 Å². The number of piperidine rings is 1. The molecular formula is C23H25ClN2O4S. The second-order valence-electron chi connectivity index (χ2n) is 8.05. The summed E-state index contributed by atoms with van der Waals surface area (Å²) < 4.78 is 27.2. The van der Waals surface area contributed by atoms with Crippen LogP contribution in [0.2, 0.25) is 5.02 Å². The number of amides is 1. The minimum absolute atomic E-state index is 0.0938. The monoisotopic (exact) mass is 460 g/mol. The van der Waals surface area contributed by atoms with E-state index in [-0.39, 0.29) is 33.1 Å². The molecule has 2 aromatic carbocycles. The Morgan fingerprint density at radius 1 is 0.903 bits per heavy atom. The average Bonchev–Trinajstić information content (AvgIpc) is 3.35. The average molecular weight is 461 g/mol. The van der Waals surface area contributed by atoms with Gasteiger partial charge in [0.25, 0.3) is 5.91 Å². The third-order valence-corrected chi connectivity index (χ3v) is 8.31. The number of carbonyl (C=O) groups excluding carboxylic acids is 2. The molecular weight excluding hydrogens is 436 g/mol. The molecule has 164 valence electrons. The Labute approximate surface area is 187 Å². The Balaban J connectivity index is 1.47. The van der Waals surface area contributed by atoms with Crippen molar-refractivity contribution in [3.63, 3.8) is 0 Å². The highest BCUT2D eigenvalue weighted by Gasteiger charge is 2.31. The number of carbonyl (C=O) groups is 2. The van der Waals surface area contributed by atoms with Crippen LogP contribution in [0.3, 0.4) is 0 Å². The predicted octanol–water partition coefficient (Wildman–Crippen LogP) is 3.86. The largest absolute Gasteiger partial charge is 0.339 e. The smallest absolute Gasteiger partial charge is 0.255 e. The summed E-state index contributed by atoms with van der Waals surface area (Å²) in [5, 5.41) is 0.229. The maximum absolute atomic E-state index is 13.1. The molecule has 1 amide bonds. The molecule has 6 nitrogen and oxygen atoms in total. The highest BCUT2D eigenvalue weighted by atomic mass is 35.5. The minimum atomic E-state index is -3.63. The van der Waals surface area contributed by atoms with Crippen LogP contribution in [-0.2, 0) is 10.0 Å². The zero-order valence-electron chi connectivity index (χ0n) is 17.2. The molecule has 4 rings (SSSR count). The molecule has 0 saturated carbocycles. The molecule has 0 bridgehead atoms. The molecule has 0 spiro atoms. The Hall–Kier alpha value is -2.22. The van der Waals surface area contributed by atoms with E-state index in [1.54, 1.807) is 4.90 Å². The Kier molecular flexibility index (Phi) is 6.46. The van der Waals surface area contributed by atoms with Gasteiger partial charge in [0.2, 0.25) is 10.0 Å². The van der Waals surface area contributed by atoms with Gasteiger partial charge in [-0.15, -0.1) is 0 Å². The number of hydrogen-bond donors (Lipinski definition) is 0. The lowest BCUT2D eigenvalue weighted by Crippen LogP contribution is -2.40. The molecule has 0 atom stereocenters. The maximum atomic E-state index is 13.1. The van der Waals surface area contributed by atoms with E-state index in [2.05, 4.69) is 0 Å². The van der Waals surface area contributed by atoms with E-state index in [0.717, 1.165) is 12.8 Å². The van der Waals surface area contributed by atoms with Crippen molar-refractivity contribution in [1.82, 2.24) is 9.21 Å². The molecule has 2 fully saturated rings. The van der Waals surface area contributed by atoms with Crippen molar-refractivity contribution in [2.45, 2.75) is 30.6 Å². The van der Waals surface area contributed by atoms with Crippen LogP contribution in [-0.4, -0.2) is 55.5 Å². The van der Waals surface area contributed by atoms with Gasteiger partial charge in [0.15, 0.2) is 5.78 Å². The molecule has 2 saturated heterocycles. The van der Waals surface area contributed by atoms with Gasteiger partial charge in [-0.2, -0.15) is 4.31 Å². The van der Waals surface area contributed by atoms with E-state index in [1.165, 1.54) is 22.5 Å². The number of halogens is 1. The van der Waals surface area contributed by atoms with Crippen LogP contribution >= 0.6 is 11.6 Å². The third kappa shape index (κ3) is 4.54. The summed E-state index contributed by atoms with van der Waals surface area (Å²) in [5.74, 6) is -0.317. The SMILES string of the molecule is O=C(c1ccccc1)C1CCN(C(=O)c2cc(S(=O)(=O)N3CCCC3)ccc2Cl)CC1. The van der Waals surface area contributed by atoms with Gasteiger partial charge in [0, 0.05) is 37.7 Å². The van der Waals surface area contributed by atoms with Crippen LogP contribution in [0.25, 0.3) is 0 Å². The summed E-state index contributed by atoms with van der Waals surface area (Å²) in [6.07, 6.45) is 2.83. The molecule has 2 aliphatic heterocycles. The molecule has 8 heteroatoms. The van der Waals surface area contributed by atoms with Crippen molar-refractivity contribution in [1.29, 1.82) is 0 Å². The Bertz CT molecular complexity index is 1070. The summed E-state index contributed by atoms with van der Waals surface area (Å²) in [4.78, 5) is 27.5. The normalized spacial score (nSPS) is 18.3. The molecule has 0 unspecified atom stereocenters. The summed E-state index contributed by atoms with van der Waals surface area (Å²) in [5.41, 5.74) is 0.880. The van der Waals surface area contributed by atoms with E-state index >= 15 is 0 Å². The van der Waals surface area contributed by atoms with Gasteiger partial charge in [-0.3, -0.25) is 9.59 Å². The van der Waals surface area contributed by atoms with E-state index in [1.807, 2.05) is 30.3 Å². The quantitative estimate of drug-likeness (QED) is 0.635. The van der Waals surface area contributed by atoms with Gasteiger partial charge in [-0.25, -0.2) is 8.42 Å². The summed E-state index contributed by atoms with van der Waals surface area (Å²) in [6, 6.07) is 13.5. The lowest BCUT2D eigenvalue weighted by Gasteiger charge is -2.31. The number of Topliss-reactive ketones (excluding diaryl/α,β-unsaturated/α-hetero) is 1. The number of hydrogen-bond acceptors (Lipinski definition) is 4. The lowest BCUT2D eigenvalue weighted by molar-refractivity contribution is 0.0650. The molecule has 0 N–H and O–H groups in total. The van der Waals surface area contributed by atoms with Crippen molar-refractivity contribution < 1.29 is 18.0 Å². The Morgan fingerprint density at radius 2 is 1.55 bits per heavy atom. The van der Waals surface area contributed by atoms with Crippen molar-refractivity contribution in [2.75, 3.05) is 26.2 Å². The highest BCUT2D eigenvalue weighted by molar-refractivity contribution is 7.89. The maximum Gasteiger partial charge on any atom is 0.255 e. The predicted molar refractivity (Wildman–Crippen MR) is 119 cm³/mol. The second-order valence-corrected chi connectivity index (χ2v) is 10.4. The van der Waals surface area contributed by atoms with Crippen molar-refractivity contribution in [3.8, 4) is 0 Å². The summed E-state index contributed by atoms with van der Waals surface area (Å²) in [7, 11) is -3.63. The van der Waals surface area contributed by atoms with Gasteiger partial charge in [0.05, 0.1) is 15.5 Å². The molecule has 2 aromatic rings. The van der Waals surface area contributed by atoms with E-state index in [9.17, 15) is 18.0 Å². The van der Waals surface area contributed by atoms with Gasteiger partial charge in [0.1, 0.15) is 0 Å². The number of sulfonamides is 1. The van der Waals surface area contributed by atoms with Gasteiger partial charge in [-0.05, 0) is 43.9 Å².